The fourth-order valence-corrected chi connectivity index (χ4v) is 3.08. The number of ketones is 1. The molecule has 2 aromatic carbocycles. The zero-order chi connectivity index (χ0) is 21.6. The normalized spacial score (nSPS) is 12.3. The van der Waals surface area contributed by atoms with Crippen molar-refractivity contribution in [2.45, 2.75) is 31.9 Å². The monoisotopic (exact) mass is 407 g/mol. The second-order valence-corrected chi connectivity index (χ2v) is 6.50. The molecule has 0 saturated heterocycles. The Bertz CT molecular complexity index is 895. The number of amides is 1. The molecule has 154 valence electrons. The number of rotatable bonds is 8. The maximum absolute atomic E-state index is 13.2. The molecule has 1 atom stereocenters. The third-order valence-corrected chi connectivity index (χ3v) is 4.38. The van der Waals surface area contributed by atoms with Crippen LogP contribution in [0.3, 0.4) is 0 Å². The Balaban J connectivity index is 2.21. The number of Topliss-reactive ketones (excluding diaryl/α,β-unsaturated/α-hetero) is 1. The summed E-state index contributed by atoms with van der Waals surface area (Å²) in [6.45, 7) is 1.24. The van der Waals surface area contributed by atoms with Gasteiger partial charge in [-0.3, -0.25) is 9.59 Å². The number of alkyl halides is 3. The lowest BCUT2D eigenvalue weighted by molar-refractivity contribution is -0.138. The number of aromatic carboxylic acids is 1. The summed E-state index contributed by atoms with van der Waals surface area (Å²) >= 11 is 0. The number of benzene rings is 2. The van der Waals surface area contributed by atoms with Crippen LogP contribution in [0.2, 0.25) is 0 Å². The van der Waals surface area contributed by atoms with E-state index in [4.69, 9.17) is 0 Å². The minimum absolute atomic E-state index is 0.193. The van der Waals surface area contributed by atoms with Gasteiger partial charge in [-0.1, -0.05) is 42.5 Å². The van der Waals surface area contributed by atoms with Gasteiger partial charge in [-0.2, -0.15) is 13.2 Å². The van der Waals surface area contributed by atoms with Crippen molar-refractivity contribution in [2.24, 2.45) is 0 Å². The van der Waals surface area contributed by atoms with Gasteiger partial charge >= 0.3 is 12.1 Å². The maximum Gasteiger partial charge on any atom is 0.417 e. The van der Waals surface area contributed by atoms with Gasteiger partial charge in [0.2, 0.25) is 5.91 Å². The van der Waals surface area contributed by atoms with Crippen molar-refractivity contribution in [1.29, 1.82) is 0 Å². The molecule has 0 spiro atoms. The predicted octanol–water partition coefficient (Wildman–Crippen LogP) is 3.83. The van der Waals surface area contributed by atoms with Crippen LogP contribution in [0.5, 0.6) is 0 Å². The molecular formula is C21H20F3NO4. The Morgan fingerprint density at radius 3 is 2.24 bits per heavy atom. The van der Waals surface area contributed by atoms with Crippen LogP contribution in [0.1, 0.15) is 46.3 Å². The first-order valence-corrected chi connectivity index (χ1v) is 8.88. The lowest BCUT2D eigenvalue weighted by Gasteiger charge is -2.19. The van der Waals surface area contributed by atoms with Crippen molar-refractivity contribution in [3.63, 3.8) is 0 Å². The molecule has 0 aliphatic carbocycles. The first-order chi connectivity index (χ1) is 13.6. The fraction of sp³-hybridized carbons (Fsp3) is 0.286. The number of carboxylic acids is 1. The van der Waals surface area contributed by atoms with Crippen LogP contribution in [0.4, 0.5) is 13.2 Å². The molecule has 2 aromatic rings. The average molecular weight is 407 g/mol. The molecule has 29 heavy (non-hydrogen) atoms. The van der Waals surface area contributed by atoms with Crippen LogP contribution in [0, 0.1) is 0 Å². The SMILES string of the molecule is CC(=O)[C@@H](C(=O)NCCCc1ccccc1)c1cccc(C(F)(F)F)c1C(=O)O. The van der Waals surface area contributed by atoms with Gasteiger partial charge in [0.15, 0.2) is 0 Å². The number of carbonyl (C=O) groups is 3. The molecule has 0 radical (unpaired) electrons. The average Bonchev–Trinajstić information content (AvgIpc) is 2.65. The molecule has 8 heteroatoms. The van der Waals surface area contributed by atoms with Crippen molar-refractivity contribution in [2.75, 3.05) is 6.54 Å². The van der Waals surface area contributed by atoms with Crippen LogP contribution < -0.4 is 5.32 Å². The van der Waals surface area contributed by atoms with Crippen molar-refractivity contribution < 1.29 is 32.7 Å². The molecule has 2 rings (SSSR count). The highest BCUT2D eigenvalue weighted by atomic mass is 19.4. The lowest BCUT2D eigenvalue weighted by Crippen LogP contribution is -2.35. The highest BCUT2D eigenvalue weighted by molar-refractivity contribution is 6.08. The molecule has 0 fully saturated rings. The van der Waals surface area contributed by atoms with Gasteiger partial charge < -0.3 is 10.4 Å². The number of hydrogen-bond acceptors (Lipinski definition) is 3. The van der Waals surface area contributed by atoms with Crippen LogP contribution in [0.25, 0.3) is 0 Å². The van der Waals surface area contributed by atoms with E-state index in [0.29, 0.717) is 18.9 Å². The van der Waals surface area contributed by atoms with Crippen molar-refractivity contribution in [1.82, 2.24) is 5.32 Å². The summed E-state index contributed by atoms with van der Waals surface area (Å²) in [5.41, 5.74) is -1.90. The van der Waals surface area contributed by atoms with E-state index in [2.05, 4.69) is 5.32 Å². The topological polar surface area (TPSA) is 83.5 Å². The Hall–Kier alpha value is -3.16. The summed E-state index contributed by atoms with van der Waals surface area (Å²) in [4.78, 5) is 36.1. The second kappa shape index (κ2) is 9.36. The highest BCUT2D eigenvalue weighted by Crippen LogP contribution is 2.35. The van der Waals surface area contributed by atoms with Gasteiger partial charge in [0, 0.05) is 6.54 Å². The third-order valence-electron chi connectivity index (χ3n) is 4.38. The number of aryl methyl sites for hydroxylation is 1. The number of carbonyl (C=O) groups excluding carboxylic acids is 2. The van der Waals surface area contributed by atoms with Crippen LogP contribution in [-0.4, -0.2) is 29.3 Å². The van der Waals surface area contributed by atoms with Crippen LogP contribution in [-0.2, 0) is 22.2 Å². The Morgan fingerprint density at radius 2 is 1.69 bits per heavy atom. The molecule has 0 unspecified atom stereocenters. The number of halogens is 3. The summed E-state index contributed by atoms with van der Waals surface area (Å²) in [6.07, 6.45) is -3.72. The van der Waals surface area contributed by atoms with Gasteiger partial charge in [0.05, 0.1) is 11.1 Å². The minimum atomic E-state index is -4.93. The minimum Gasteiger partial charge on any atom is -0.478 e. The van der Waals surface area contributed by atoms with E-state index in [1.54, 1.807) is 0 Å². The van der Waals surface area contributed by atoms with E-state index in [1.807, 2.05) is 30.3 Å². The van der Waals surface area contributed by atoms with E-state index in [9.17, 15) is 32.7 Å². The Kier molecular flexibility index (Phi) is 7.14. The Labute approximate surface area is 165 Å². The zero-order valence-electron chi connectivity index (χ0n) is 15.6. The quantitative estimate of drug-likeness (QED) is 0.515. The molecular weight excluding hydrogens is 387 g/mol. The standard InChI is InChI=1S/C21H20F3NO4/c1-13(26)17(19(27)25-12-6-9-14-7-3-2-4-8-14)15-10-5-11-16(21(22,23)24)18(15)20(28)29/h2-5,7-8,10-11,17H,6,9,12H2,1H3,(H,25,27)(H,28,29)/t17-/m1/s1. The van der Waals surface area contributed by atoms with E-state index in [1.165, 1.54) is 0 Å². The molecule has 0 aliphatic heterocycles. The first kappa shape index (κ1) is 22.1. The predicted molar refractivity (Wildman–Crippen MR) is 99.6 cm³/mol. The summed E-state index contributed by atoms with van der Waals surface area (Å²) in [6, 6.07) is 12.1. The summed E-state index contributed by atoms with van der Waals surface area (Å²) in [7, 11) is 0. The zero-order valence-corrected chi connectivity index (χ0v) is 15.6. The van der Waals surface area contributed by atoms with E-state index in [-0.39, 0.29) is 6.54 Å². The van der Waals surface area contributed by atoms with Crippen molar-refractivity contribution >= 4 is 17.7 Å². The van der Waals surface area contributed by atoms with E-state index < -0.39 is 46.4 Å². The fourth-order valence-electron chi connectivity index (χ4n) is 3.08. The molecule has 5 nitrogen and oxygen atoms in total. The number of hydrogen-bond donors (Lipinski definition) is 2. The summed E-state index contributed by atoms with van der Waals surface area (Å²) < 4.78 is 39.6. The van der Waals surface area contributed by atoms with Gasteiger partial charge in [0.25, 0.3) is 0 Å². The summed E-state index contributed by atoms with van der Waals surface area (Å²) in [5, 5.41) is 11.8. The molecule has 0 aliphatic rings. The number of nitrogens with one attached hydrogen (secondary N) is 1. The van der Waals surface area contributed by atoms with Gasteiger partial charge in [-0.25, -0.2) is 4.79 Å². The lowest BCUT2D eigenvalue weighted by atomic mass is 9.87. The van der Waals surface area contributed by atoms with Crippen LogP contribution in [0.15, 0.2) is 48.5 Å². The Morgan fingerprint density at radius 1 is 1.03 bits per heavy atom. The highest BCUT2D eigenvalue weighted by Gasteiger charge is 2.39. The number of carboxylic acid groups (broad SMARTS) is 1. The smallest absolute Gasteiger partial charge is 0.417 e. The molecule has 1 amide bonds. The molecule has 0 saturated carbocycles. The van der Waals surface area contributed by atoms with E-state index >= 15 is 0 Å². The van der Waals surface area contributed by atoms with Gasteiger partial charge in [-0.05, 0) is 37.0 Å². The molecule has 0 bridgehead atoms. The molecule has 2 N–H and O–H groups in total. The molecule has 0 aromatic heterocycles. The van der Waals surface area contributed by atoms with Gasteiger partial charge in [0.1, 0.15) is 11.7 Å². The van der Waals surface area contributed by atoms with Gasteiger partial charge in [-0.15, -0.1) is 0 Å². The van der Waals surface area contributed by atoms with Crippen molar-refractivity contribution in [3.8, 4) is 0 Å². The van der Waals surface area contributed by atoms with Crippen molar-refractivity contribution in [3.05, 3.63) is 70.8 Å². The third kappa shape index (κ3) is 5.66. The second-order valence-electron chi connectivity index (χ2n) is 6.50. The first-order valence-electron chi connectivity index (χ1n) is 8.88. The molecule has 0 heterocycles. The summed E-state index contributed by atoms with van der Waals surface area (Å²) in [5.74, 6) is -5.06. The van der Waals surface area contributed by atoms with Crippen LogP contribution >= 0.6 is 0 Å². The largest absolute Gasteiger partial charge is 0.478 e. The van der Waals surface area contributed by atoms with E-state index in [0.717, 1.165) is 24.6 Å². The maximum atomic E-state index is 13.2.